The van der Waals surface area contributed by atoms with Crippen molar-refractivity contribution in [1.82, 2.24) is 15.5 Å². The number of hydrogen-bond acceptors (Lipinski definition) is 3. The summed E-state index contributed by atoms with van der Waals surface area (Å²) in [6, 6.07) is 1.10. The van der Waals surface area contributed by atoms with Crippen molar-refractivity contribution in [2.75, 3.05) is 39.4 Å². The number of guanidine groups is 1. The first-order valence-corrected chi connectivity index (χ1v) is 7.57. The SMILES string of the molecule is CCNC(=NCC(C)N1CCOCC1)NC1CC1C.I. The summed E-state index contributed by atoms with van der Waals surface area (Å²) in [5, 5.41) is 6.82. The number of hydrogen-bond donors (Lipinski definition) is 2. The van der Waals surface area contributed by atoms with Gasteiger partial charge in [0.2, 0.25) is 0 Å². The highest BCUT2D eigenvalue weighted by molar-refractivity contribution is 14.0. The molecule has 0 amide bonds. The molecule has 1 saturated heterocycles. The molecule has 1 heterocycles. The monoisotopic (exact) mass is 396 g/mol. The summed E-state index contributed by atoms with van der Waals surface area (Å²) in [5.74, 6) is 1.76. The third kappa shape index (κ3) is 5.73. The Hall–Kier alpha value is -0.0800. The predicted octanol–water partition coefficient (Wildman–Crippen LogP) is 1.29. The van der Waals surface area contributed by atoms with Gasteiger partial charge in [-0.3, -0.25) is 9.89 Å². The molecule has 2 fully saturated rings. The molecular weight excluding hydrogens is 367 g/mol. The first-order valence-electron chi connectivity index (χ1n) is 7.57. The molecule has 3 unspecified atom stereocenters. The van der Waals surface area contributed by atoms with E-state index in [1.54, 1.807) is 0 Å². The number of morpholine rings is 1. The maximum Gasteiger partial charge on any atom is 0.191 e. The van der Waals surface area contributed by atoms with Gasteiger partial charge in [-0.05, 0) is 26.2 Å². The standard InChI is InChI=1S/C14H28N4O.HI/c1-4-15-14(17-13-9-11(13)2)16-10-12(3)18-5-7-19-8-6-18;/h11-13H,4-10H2,1-3H3,(H2,15,16,17);1H. The van der Waals surface area contributed by atoms with Gasteiger partial charge < -0.3 is 15.4 Å². The fourth-order valence-corrected chi connectivity index (χ4v) is 2.38. The van der Waals surface area contributed by atoms with Crippen molar-refractivity contribution in [3.05, 3.63) is 0 Å². The maximum atomic E-state index is 5.38. The van der Waals surface area contributed by atoms with Gasteiger partial charge in [0.05, 0.1) is 19.8 Å². The summed E-state index contributed by atoms with van der Waals surface area (Å²) in [6.45, 7) is 12.2. The summed E-state index contributed by atoms with van der Waals surface area (Å²) >= 11 is 0. The number of ether oxygens (including phenoxy) is 1. The molecule has 6 heteroatoms. The molecule has 2 N–H and O–H groups in total. The Bertz CT molecular complexity index is 308. The lowest BCUT2D eigenvalue weighted by Gasteiger charge is -2.31. The molecule has 0 bridgehead atoms. The van der Waals surface area contributed by atoms with E-state index in [-0.39, 0.29) is 24.0 Å². The fourth-order valence-electron chi connectivity index (χ4n) is 2.38. The van der Waals surface area contributed by atoms with Crippen molar-refractivity contribution >= 4 is 29.9 Å². The molecule has 3 atom stereocenters. The van der Waals surface area contributed by atoms with Crippen molar-refractivity contribution < 1.29 is 4.74 Å². The molecule has 0 radical (unpaired) electrons. The quantitative estimate of drug-likeness (QED) is 0.418. The Balaban J connectivity index is 0.00000200. The van der Waals surface area contributed by atoms with Gasteiger partial charge in [-0.2, -0.15) is 0 Å². The average molecular weight is 396 g/mol. The molecule has 2 aliphatic rings. The van der Waals surface area contributed by atoms with E-state index in [9.17, 15) is 0 Å². The largest absolute Gasteiger partial charge is 0.379 e. The van der Waals surface area contributed by atoms with Gasteiger partial charge in [-0.1, -0.05) is 6.92 Å². The van der Waals surface area contributed by atoms with Gasteiger partial charge in [0.15, 0.2) is 5.96 Å². The summed E-state index contributed by atoms with van der Waals surface area (Å²) in [6.07, 6.45) is 1.27. The molecule has 0 aromatic carbocycles. The molecule has 0 aromatic rings. The minimum Gasteiger partial charge on any atom is -0.379 e. The lowest BCUT2D eigenvalue weighted by molar-refractivity contribution is 0.0220. The van der Waals surface area contributed by atoms with Crippen LogP contribution in [0.3, 0.4) is 0 Å². The van der Waals surface area contributed by atoms with E-state index in [4.69, 9.17) is 9.73 Å². The van der Waals surface area contributed by atoms with Crippen molar-refractivity contribution in [1.29, 1.82) is 0 Å². The van der Waals surface area contributed by atoms with Crippen LogP contribution in [0.5, 0.6) is 0 Å². The van der Waals surface area contributed by atoms with Crippen LogP contribution >= 0.6 is 24.0 Å². The van der Waals surface area contributed by atoms with Crippen LogP contribution < -0.4 is 10.6 Å². The van der Waals surface area contributed by atoms with Crippen LogP contribution in [0.2, 0.25) is 0 Å². The molecule has 1 aliphatic carbocycles. The maximum absolute atomic E-state index is 5.38. The molecule has 1 aliphatic heterocycles. The number of halogens is 1. The molecule has 0 aromatic heterocycles. The first kappa shape index (κ1) is 18.0. The second-order valence-electron chi connectivity index (χ2n) is 5.68. The number of nitrogens with one attached hydrogen (secondary N) is 2. The van der Waals surface area contributed by atoms with E-state index in [1.807, 2.05) is 0 Å². The molecule has 20 heavy (non-hydrogen) atoms. The minimum atomic E-state index is 0. The van der Waals surface area contributed by atoms with E-state index >= 15 is 0 Å². The first-order chi connectivity index (χ1) is 9.20. The zero-order valence-electron chi connectivity index (χ0n) is 12.9. The van der Waals surface area contributed by atoms with Crippen molar-refractivity contribution in [3.8, 4) is 0 Å². The Morgan fingerprint density at radius 3 is 2.60 bits per heavy atom. The zero-order valence-corrected chi connectivity index (χ0v) is 15.2. The summed E-state index contributed by atoms with van der Waals surface area (Å²) in [4.78, 5) is 7.17. The number of nitrogens with zero attached hydrogens (tertiary/aromatic N) is 2. The van der Waals surface area contributed by atoms with Crippen LogP contribution in [-0.4, -0.2) is 62.3 Å². The average Bonchev–Trinajstić information content (AvgIpc) is 3.12. The van der Waals surface area contributed by atoms with Gasteiger partial charge in [0, 0.05) is 31.7 Å². The van der Waals surface area contributed by atoms with E-state index < -0.39 is 0 Å². The van der Waals surface area contributed by atoms with E-state index in [1.165, 1.54) is 6.42 Å². The van der Waals surface area contributed by atoms with Crippen molar-refractivity contribution in [3.63, 3.8) is 0 Å². The summed E-state index contributed by atoms with van der Waals surface area (Å²) in [5.41, 5.74) is 0. The zero-order chi connectivity index (χ0) is 13.7. The van der Waals surface area contributed by atoms with Crippen LogP contribution in [-0.2, 0) is 4.74 Å². The fraction of sp³-hybridized carbons (Fsp3) is 0.929. The van der Waals surface area contributed by atoms with Crippen molar-refractivity contribution in [2.24, 2.45) is 10.9 Å². The van der Waals surface area contributed by atoms with Crippen LogP contribution in [0.1, 0.15) is 27.2 Å². The van der Waals surface area contributed by atoms with Crippen molar-refractivity contribution in [2.45, 2.75) is 39.3 Å². The highest BCUT2D eigenvalue weighted by atomic mass is 127. The molecule has 1 saturated carbocycles. The second kappa shape index (κ2) is 9.04. The smallest absolute Gasteiger partial charge is 0.191 e. The number of aliphatic imine (C=N–C) groups is 1. The highest BCUT2D eigenvalue weighted by Crippen LogP contribution is 2.28. The van der Waals surface area contributed by atoms with Gasteiger partial charge in [-0.15, -0.1) is 24.0 Å². The molecular formula is C14H29IN4O. The molecule has 118 valence electrons. The molecule has 5 nitrogen and oxygen atoms in total. The number of rotatable bonds is 5. The van der Waals surface area contributed by atoms with Gasteiger partial charge in [0.1, 0.15) is 0 Å². The third-order valence-corrected chi connectivity index (χ3v) is 3.96. The molecule has 0 spiro atoms. The van der Waals surface area contributed by atoms with Gasteiger partial charge in [0.25, 0.3) is 0 Å². The summed E-state index contributed by atoms with van der Waals surface area (Å²) in [7, 11) is 0. The Labute approximate surface area is 139 Å². The van der Waals surface area contributed by atoms with Crippen LogP contribution in [0, 0.1) is 5.92 Å². The predicted molar refractivity (Wildman–Crippen MR) is 94.0 cm³/mol. The van der Waals surface area contributed by atoms with E-state index in [0.29, 0.717) is 12.1 Å². The Morgan fingerprint density at radius 2 is 2.05 bits per heavy atom. The minimum absolute atomic E-state index is 0. The second-order valence-corrected chi connectivity index (χ2v) is 5.68. The van der Waals surface area contributed by atoms with Crippen LogP contribution in [0.15, 0.2) is 4.99 Å². The van der Waals surface area contributed by atoms with Crippen LogP contribution in [0.25, 0.3) is 0 Å². The van der Waals surface area contributed by atoms with Gasteiger partial charge >= 0.3 is 0 Å². The lowest BCUT2D eigenvalue weighted by atomic mass is 10.2. The Kier molecular flexibility index (Phi) is 8.13. The lowest BCUT2D eigenvalue weighted by Crippen LogP contribution is -2.44. The summed E-state index contributed by atoms with van der Waals surface area (Å²) < 4.78 is 5.38. The topological polar surface area (TPSA) is 48.9 Å². The highest BCUT2D eigenvalue weighted by Gasteiger charge is 2.33. The van der Waals surface area contributed by atoms with Crippen LogP contribution in [0.4, 0.5) is 0 Å². The third-order valence-electron chi connectivity index (χ3n) is 3.96. The van der Waals surface area contributed by atoms with Gasteiger partial charge in [-0.25, -0.2) is 0 Å². The molecule has 2 rings (SSSR count). The normalized spacial score (nSPS) is 28.4. The van der Waals surface area contributed by atoms with E-state index in [2.05, 4.69) is 36.3 Å². The van der Waals surface area contributed by atoms with E-state index in [0.717, 1.165) is 51.3 Å². The Morgan fingerprint density at radius 1 is 1.40 bits per heavy atom.